The van der Waals surface area contributed by atoms with E-state index >= 15 is 0 Å². The summed E-state index contributed by atoms with van der Waals surface area (Å²) in [6.07, 6.45) is 3.86. The van der Waals surface area contributed by atoms with Crippen LogP contribution in [0.3, 0.4) is 0 Å². The lowest BCUT2D eigenvalue weighted by molar-refractivity contribution is -0.153. The summed E-state index contributed by atoms with van der Waals surface area (Å²) in [4.78, 5) is 28.8. The molecule has 1 heterocycles. The van der Waals surface area contributed by atoms with Gasteiger partial charge < -0.3 is 20.3 Å². The number of esters is 1. The van der Waals surface area contributed by atoms with Crippen LogP contribution < -0.4 is 15.5 Å². The number of anilines is 2. The number of hydrogen-bond donors (Lipinski definition) is 2. The molecule has 1 aliphatic heterocycles. The Kier molecular flexibility index (Phi) is 10.5. The van der Waals surface area contributed by atoms with Gasteiger partial charge in [0.25, 0.3) is 0 Å². The number of ether oxygens (including phenoxy) is 1. The van der Waals surface area contributed by atoms with E-state index < -0.39 is 6.04 Å². The molecular weight excluding hydrogens is 486 g/mol. The minimum absolute atomic E-state index is 0.0329. The summed E-state index contributed by atoms with van der Waals surface area (Å²) in [5.74, 6) is -0.109. The van der Waals surface area contributed by atoms with Crippen LogP contribution >= 0.6 is 0 Å². The smallest absolute Gasteiger partial charge is 0.333 e. The van der Waals surface area contributed by atoms with Crippen LogP contribution in [-0.4, -0.2) is 44.0 Å². The molecule has 6 nitrogen and oxygen atoms in total. The van der Waals surface area contributed by atoms with Crippen LogP contribution in [0.25, 0.3) is 0 Å². The van der Waals surface area contributed by atoms with Crippen molar-refractivity contribution >= 4 is 23.1 Å². The molecule has 0 saturated carbocycles. The van der Waals surface area contributed by atoms with E-state index in [1.807, 2.05) is 84.9 Å². The Morgan fingerprint density at radius 1 is 0.846 bits per heavy atom. The van der Waals surface area contributed by atoms with E-state index in [1.165, 1.54) is 18.5 Å². The van der Waals surface area contributed by atoms with Gasteiger partial charge in [-0.2, -0.15) is 0 Å². The topological polar surface area (TPSA) is 70.7 Å². The fourth-order valence-electron chi connectivity index (χ4n) is 5.22. The molecule has 39 heavy (non-hydrogen) atoms. The van der Waals surface area contributed by atoms with Crippen molar-refractivity contribution in [1.82, 2.24) is 5.32 Å². The van der Waals surface area contributed by atoms with Crippen molar-refractivity contribution in [2.45, 2.75) is 51.7 Å². The second kappa shape index (κ2) is 14.5. The molecule has 0 aromatic heterocycles. The number of ketones is 1. The molecule has 1 fully saturated rings. The first-order valence-electron chi connectivity index (χ1n) is 14.2. The lowest BCUT2D eigenvalue weighted by atomic mass is 9.96. The third-order valence-electron chi connectivity index (χ3n) is 7.59. The lowest BCUT2D eigenvalue weighted by Gasteiger charge is -2.28. The Hall–Kier alpha value is -3.64. The third-order valence-corrected chi connectivity index (χ3v) is 7.59. The molecule has 3 aromatic rings. The van der Waals surface area contributed by atoms with Crippen molar-refractivity contribution in [3.05, 3.63) is 96.1 Å². The highest BCUT2D eigenvalue weighted by atomic mass is 16.5. The molecule has 0 amide bonds. The highest BCUT2D eigenvalue weighted by Gasteiger charge is 2.28. The van der Waals surface area contributed by atoms with Gasteiger partial charge in [-0.05, 0) is 73.6 Å². The van der Waals surface area contributed by atoms with E-state index in [4.69, 9.17) is 4.74 Å². The molecule has 2 N–H and O–H groups in total. The monoisotopic (exact) mass is 527 g/mol. The van der Waals surface area contributed by atoms with Crippen LogP contribution in [0.2, 0.25) is 0 Å². The molecule has 1 aliphatic rings. The van der Waals surface area contributed by atoms with Gasteiger partial charge in [0.1, 0.15) is 6.10 Å². The maximum absolute atomic E-state index is 13.6. The van der Waals surface area contributed by atoms with Crippen LogP contribution in [0.4, 0.5) is 11.4 Å². The fraction of sp³-hybridized carbons (Fsp3) is 0.394. The number of hydrogen-bond acceptors (Lipinski definition) is 6. The van der Waals surface area contributed by atoms with Gasteiger partial charge in [0.15, 0.2) is 11.8 Å². The van der Waals surface area contributed by atoms with Crippen LogP contribution in [0.15, 0.2) is 84.9 Å². The molecule has 6 heteroatoms. The number of nitrogens with zero attached hydrogens (tertiary/aromatic N) is 1. The van der Waals surface area contributed by atoms with E-state index in [0.717, 1.165) is 37.2 Å². The Morgan fingerprint density at radius 3 is 2.08 bits per heavy atom. The molecule has 4 rings (SSSR count). The average Bonchev–Trinajstić information content (AvgIpc) is 3.53. The highest BCUT2D eigenvalue weighted by molar-refractivity contribution is 5.97. The van der Waals surface area contributed by atoms with Crippen LogP contribution in [0, 0.1) is 5.92 Å². The van der Waals surface area contributed by atoms with Crippen molar-refractivity contribution in [2.24, 2.45) is 5.92 Å². The van der Waals surface area contributed by atoms with Crippen molar-refractivity contribution < 1.29 is 14.3 Å². The summed E-state index contributed by atoms with van der Waals surface area (Å²) < 4.78 is 6.16. The second-order valence-electron chi connectivity index (χ2n) is 10.2. The molecule has 0 unspecified atom stereocenters. The standard InChI is InChI=1S/C33H41N3O3/c1-3-25(4-2)31(24-34-23-30(37)26-17-19-29(20-18-26)36-21-11-12-22-36)39-33(38)32(27-13-7-5-8-14-27)35-28-15-9-6-10-16-28/h5-10,13-20,25,31-32,34-35H,3-4,11-12,21-24H2,1-2H3/t31-,32+/m0/s1. The van der Waals surface area contributed by atoms with Crippen molar-refractivity contribution in [1.29, 1.82) is 0 Å². The first-order chi connectivity index (χ1) is 19.1. The van der Waals surface area contributed by atoms with Crippen molar-refractivity contribution in [2.75, 3.05) is 36.4 Å². The summed E-state index contributed by atoms with van der Waals surface area (Å²) >= 11 is 0. The zero-order valence-electron chi connectivity index (χ0n) is 23.1. The summed E-state index contributed by atoms with van der Waals surface area (Å²) in [6, 6.07) is 26.6. The predicted molar refractivity (Wildman–Crippen MR) is 158 cm³/mol. The van der Waals surface area contributed by atoms with E-state index in [-0.39, 0.29) is 30.3 Å². The summed E-state index contributed by atoms with van der Waals surface area (Å²) in [5, 5.41) is 6.62. The molecular formula is C33H41N3O3. The van der Waals surface area contributed by atoms with Crippen LogP contribution in [0.5, 0.6) is 0 Å². The first kappa shape index (κ1) is 28.4. The Morgan fingerprint density at radius 2 is 1.46 bits per heavy atom. The fourth-order valence-corrected chi connectivity index (χ4v) is 5.22. The molecule has 206 valence electrons. The number of nitrogens with one attached hydrogen (secondary N) is 2. The molecule has 0 bridgehead atoms. The maximum Gasteiger partial charge on any atom is 0.333 e. The Bertz CT molecular complexity index is 1160. The van der Waals surface area contributed by atoms with E-state index in [2.05, 4.69) is 29.4 Å². The molecule has 3 aromatic carbocycles. The molecule has 2 atom stereocenters. The Labute approximate surface area is 232 Å². The first-order valence-corrected chi connectivity index (χ1v) is 14.2. The zero-order chi connectivity index (χ0) is 27.5. The summed E-state index contributed by atoms with van der Waals surface area (Å²) in [6.45, 7) is 7.00. The lowest BCUT2D eigenvalue weighted by Crippen LogP contribution is -2.40. The molecule has 0 spiro atoms. The molecule has 0 radical (unpaired) electrons. The number of para-hydroxylation sites is 1. The van der Waals surface area contributed by atoms with Crippen molar-refractivity contribution in [3.8, 4) is 0 Å². The van der Waals surface area contributed by atoms with Crippen LogP contribution in [0.1, 0.15) is 61.5 Å². The van der Waals surface area contributed by atoms with E-state index in [0.29, 0.717) is 12.1 Å². The highest BCUT2D eigenvalue weighted by Crippen LogP contribution is 2.24. The second-order valence-corrected chi connectivity index (χ2v) is 10.2. The van der Waals surface area contributed by atoms with E-state index in [1.54, 1.807) is 0 Å². The number of carbonyl (C=O) groups excluding carboxylic acids is 2. The van der Waals surface area contributed by atoms with Gasteiger partial charge in [-0.15, -0.1) is 0 Å². The Balaban J connectivity index is 1.39. The summed E-state index contributed by atoms with van der Waals surface area (Å²) in [5.41, 5.74) is 3.56. The quantitative estimate of drug-likeness (QED) is 0.190. The minimum atomic E-state index is -0.638. The van der Waals surface area contributed by atoms with Gasteiger partial charge in [0.05, 0.1) is 6.54 Å². The van der Waals surface area contributed by atoms with Gasteiger partial charge in [0, 0.05) is 36.6 Å². The largest absolute Gasteiger partial charge is 0.459 e. The predicted octanol–water partition coefficient (Wildman–Crippen LogP) is 6.26. The number of Topliss-reactive ketones (excluding diaryl/α,β-unsaturated/α-hetero) is 1. The van der Waals surface area contributed by atoms with Gasteiger partial charge in [-0.25, -0.2) is 4.79 Å². The maximum atomic E-state index is 13.6. The zero-order valence-corrected chi connectivity index (χ0v) is 23.1. The molecule has 1 saturated heterocycles. The minimum Gasteiger partial charge on any atom is -0.459 e. The normalized spacial score (nSPS) is 14.7. The number of carbonyl (C=O) groups is 2. The SMILES string of the molecule is CCC(CC)[C@H](CNCC(=O)c1ccc(N2CCCC2)cc1)OC(=O)[C@H](Nc1ccccc1)c1ccccc1. The van der Waals surface area contributed by atoms with Crippen molar-refractivity contribution in [3.63, 3.8) is 0 Å². The number of rotatable bonds is 14. The van der Waals surface area contributed by atoms with E-state index in [9.17, 15) is 9.59 Å². The van der Waals surface area contributed by atoms with Gasteiger partial charge in [-0.1, -0.05) is 62.4 Å². The average molecular weight is 528 g/mol. The third kappa shape index (κ3) is 7.93. The molecule has 0 aliphatic carbocycles. The van der Waals surface area contributed by atoms with Gasteiger partial charge in [0.2, 0.25) is 0 Å². The van der Waals surface area contributed by atoms with Crippen LogP contribution in [-0.2, 0) is 9.53 Å². The van der Waals surface area contributed by atoms with Gasteiger partial charge in [-0.3, -0.25) is 4.79 Å². The van der Waals surface area contributed by atoms with Gasteiger partial charge >= 0.3 is 5.97 Å². The summed E-state index contributed by atoms with van der Waals surface area (Å²) in [7, 11) is 0. The number of benzene rings is 3.